The van der Waals surface area contributed by atoms with E-state index in [0.717, 1.165) is 26.9 Å². The molecule has 0 amide bonds. The summed E-state index contributed by atoms with van der Waals surface area (Å²) in [5.41, 5.74) is 1.14. The third-order valence-corrected chi connectivity index (χ3v) is 3.18. The summed E-state index contributed by atoms with van der Waals surface area (Å²) in [6.45, 7) is 3.99. The molecule has 0 N–H and O–H groups in total. The van der Waals surface area contributed by atoms with Crippen molar-refractivity contribution in [3.8, 4) is 11.5 Å². The summed E-state index contributed by atoms with van der Waals surface area (Å²) in [5, 5.41) is 0.784. The average molecular weight is 419 g/mol. The molecule has 0 aliphatic carbocycles. The van der Waals surface area contributed by atoms with E-state index < -0.39 is 0 Å². The Labute approximate surface area is 124 Å². The summed E-state index contributed by atoms with van der Waals surface area (Å²) >= 11 is 6.91. The molecule has 1 rings (SSSR count). The van der Waals surface area contributed by atoms with E-state index in [1.165, 1.54) is 0 Å². The molecule has 0 atom stereocenters. The highest BCUT2D eigenvalue weighted by Gasteiger charge is 2.10. The van der Waals surface area contributed by atoms with E-state index in [2.05, 4.69) is 31.9 Å². The highest BCUT2D eigenvalue weighted by molar-refractivity contribution is 9.10. The van der Waals surface area contributed by atoms with Gasteiger partial charge in [-0.05, 0) is 31.5 Å². The molecule has 0 saturated heterocycles. The van der Waals surface area contributed by atoms with E-state index in [-0.39, 0.29) is 23.1 Å². The first-order valence-corrected chi connectivity index (χ1v) is 6.59. The lowest BCUT2D eigenvalue weighted by atomic mass is 10.2. The lowest BCUT2D eigenvalue weighted by molar-refractivity contribution is 0.230. The standard InChI is InChI=1S/C11H14Br2O2.BrH/c1-7(2)15-11-4-8(6-12)9(13)5-10(11)14-3;/h4-5,7H,6H2,1-3H3;1H. The molecular weight excluding hydrogens is 404 g/mol. The summed E-state index contributed by atoms with van der Waals surface area (Å²) in [6, 6.07) is 3.91. The monoisotopic (exact) mass is 416 g/mol. The van der Waals surface area contributed by atoms with Crippen molar-refractivity contribution in [3.63, 3.8) is 0 Å². The molecule has 0 saturated carbocycles. The zero-order valence-electron chi connectivity index (χ0n) is 9.42. The van der Waals surface area contributed by atoms with Gasteiger partial charge in [-0.1, -0.05) is 31.9 Å². The molecule has 0 bridgehead atoms. The molecule has 0 spiro atoms. The van der Waals surface area contributed by atoms with E-state index >= 15 is 0 Å². The maximum atomic E-state index is 5.67. The van der Waals surface area contributed by atoms with Gasteiger partial charge in [0.15, 0.2) is 11.5 Å². The topological polar surface area (TPSA) is 18.5 Å². The summed E-state index contributed by atoms with van der Waals surface area (Å²) in [7, 11) is 1.64. The van der Waals surface area contributed by atoms with Gasteiger partial charge >= 0.3 is 0 Å². The Morgan fingerprint density at radius 1 is 1.25 bits per heavy atom. The number of methoxy groups -OCH3 is 1. The number of benzene rings is 1. The molecule has 0 radical (unpaired) electrons. The van der Waals surface area contributed by atoms with Crippen molar-refractivity contribution in [2.45, 2.75) is 25.3 Å². The van der Waals surface area contributed by atoms with Crippen molar-refractivity contribution in [2.24, 2.45) is 0 Å². The minimum atomic E-state index is 0. The highest BCUT2D eigenvalue weighted by atomic mass is 79.9. The van der Waals surface area contributed by atoms with Gasteiger partial charge in [0.05, 0.1) is 13.2 Å². The lowest BCUT2D eigenvalue weighted by Crippen LogP contribution is -2.07. The van der Waals surface area contributed by atoms with Crippen LogP contribution in [0.3, 0.4) is 0 Å². The van der Waals surface area contributed by atoms with Crippen LogP contribution >= 0.6 is 48.8 Å². The van der Waals surface area contributed by atoms with Crippen molar-refractivity contribution in [3.05, 3.63) is 22.2 Å². The predicted octanol–water partition coefficient (Wildman–Crippen LogP) is 4.72. The van der Waals surface area contributed by atoms with Crippen LogP contribution in [0.5, 0.6) is 11.5 Å². The number of ether oxygens (including phenoxy) is 2. The van der Waals surface area contributed by atoms with Crippen LogP contribution in [0.15, 0.2) is 16.6 Å². The zero-order valence-corrected chi connectivity index (χ0v) is 14.3. The van der Waals surface area contributed by atoms with Crippen LogP contribution in [-0.2, 0) is 5.33 Å². The number of hydrogen-bond donors (Lipinski definition) is 0. The summed E-state index contributed by atoms with van der Waals surface area (Å²) in [5.74, 6) is 1.53. The minimum Gasteiger partial charge on any atom is -0.493 e. The zero-order chi connectivity index (χ0) is 11.4. The molecule has 0 heterocycles. The fourth-order valence-electron chi connectivity index (χ4n) is 1.19. The van der Waals surface area contributed by atoms with Crippen molar-refractivity contribution in [2.75, 3.05) is 7.11 Å². The molecule has 0 fully saturated rings. The van der Waals surface area contributed by atoms with Gasteiger partial charge in [0.2, 0.25) is 0 Å². The first kappa shape index (κ1) is 16.3. The van der Waals surface area contributed by atoms with Gasteiger partial charge < -0.3 is 9.47 Å². The minimum absolute atomic E-state index is 0. The number of alkyl halides is 1. The Bertz CT molecular complexity index is 340. The summed E-state index contributed by atoms with van der Waals surface area (Å²) in [6.07, 6.45) is 0.142. The molecule has 16 heavy (non-hydrogen) atoms. The second-order valence-corrected chi connectivity index (χ2v) is 4.81. The van der Waals surface area contributed by atoms with Crippen LogP contribution in [0.25, 0.3) is 0 Å². The molecule has 92 valence electrons. The van der Waals surface area contributed by atoms with Crippen LogP contribution in [0, 0.1) is 0 Å². The molecule has 1 aromatic rings. The molecule has 1 aromatic carbocycles. The SMILES string of the molecule is Br.COc1cc(Br)c(CBr)cc1OC(C)C. The van der Waals surface area contributed by atoms with E-state index in [1.807, 2.05) is 26.0 Å². The maximum Gasteiger partial charge on any atom is 0.161 e. The van der Waals surface area contributed by atoms with Gasteiger partial charge in [-0.25, -0.2) is 0 Å². The molecule has 0 unspecified atom stereocenters. The van der Waals surface area contributed by atoms with E-state index in [0.29, 0.717) is 0 Å². The summed E-state index contributed by atoms with van der Waals surface area (Å²) in [4.78, 5) is 0. The number of hydrogen-bond acceptors (Lipinski definition) is 2. The van der Waals surface area contributed by atoms with E-state index in [1.54, 1.807) is 7.11 Å². The van der Waals surface area contributed by atoms with Crippen molar-refractivity contribution in [1.82, 2.24) is 0 Å². The first-order chi connectivity index (χ1) is 7.08. The van der Waals surface area contributed by atoms with Crippen LogP contribution in [0.1, 0.15) is 19.4 Å². The van der Waals surface area contributed by atoms with Gasteiger partial charge in [0.25, 0.3) is 0 Å². The van der Waals surface area contributed by atoms with E-state index in [4.69, 9.17) is 9.47 Å². The Kier molecular flexibility index (Phi) is 7.68. The van der Waals surface area contributed by atoms with Crippen LogP contribution in [-0.4, -0.2) is 13.2 Å². The highest BCUT2D eigenvalue weighted by Crippen LogP contribution is 2.34. The Morgan fingerprint density at radius 3 is 2.31 bits per heavy atom. The molecule has 0 aromatic heterocycles. The molecule has 5 heteroatoms. The maximum absolute atomic E-state index is 5.67. The predicted molar refractivity (Wildman–Crippen MR) is 79.4 cm³/mol. The number of rotatable bonds is 4. The number of halogens is 3. The Balaban J connectivity index is 0.00000225. The van der Waals surface area contributed by atoms with Gasteiger partial charge in [-0.15, -0.1) is 17.0 Å². The van der Waals surface area contributed by atoms with Gasteiger partial charge in [-0.3, -0.25) is 0 Å². The molecule has 0 aliphatic heterocycles. The van der Waals surface area contributed by atoms with Crippen LogP contribution in [0.4, 0.5) is 0 Å². The van der Waals surface area contributed by atoms with Crippen LogP contribution in [0.2, 0.25) is 0 Å². The smallest absolute Gasteiger partial charge is 0.161 e. The van der Waals surface area contributed by atoms with Crippen LogP contribution < -0.4 is 9.47 Å². The fraction of sp³-hybridized carbons (Fsp3) is 0.455. The van der Waals surface area contributed by atoms with Crippen molar-refractivity contribution in [1.29, 1.82) is 0 Å². The largest absolute Gasteiger partial charge is 0.493 e. The fourth-order valence-corrected chi connectivity index (χ4v) is 2.49. The summed E-state index contributed by atoms with van der Waals surface area (Å²) < 4.78 is 11.9. The second kappa shape index (κ2) is 7.56. The van der Waals surface area contributed by atoms with E-state index in [9.17, 15) is 0 Å². The van der Waals surface area contributed by atoms with Gasteiger partial charge in [0.1, 0.15) is 0 Å². The quantitative estimate of drug-likeness (QED) is 0.659. The second-order valence-electron chi connectivity index (χ2n) is 3.39. The normalized spacial score (nSPS) is 9.88. The third kappa shape index (κ3) is 4.26. The first-order valence-electron chi connectivity index (χ1n) is 4.67. The Hall–Kier alpha value is 0.260. The van der Waals surface area contributed by atoms with Crippen molar-refractivity contribution >= 4 is 48.8 Å². The average Bonchev–Trinajstić information content (AvgIpc) is 2.19. The third-order valence-electron chi connectivity index (χ3n) is 1.84. The molecular formula is C11H15Br3O2. The molecule has 0 aliphatic rings. The van der Waals surface area contributed by atoms with Gasteiger partial charge in [0, 0.05) is 9.80 Å². The Morgan fingerprint density at radius 2 is 1.88 bits per heavy atom. The van der Waals surface area contributed by atoms with Gasteiger partial charge in [-0.2, -0.15) is 0 Å². The lowest BCUT2D eigenvalue weighted by Gasteiger charge is -2.15. The molecule has 2 nitrogen and oxygen atoms in total. The van der Waals surface area contributed by atoms with Crippen molar-refractivity contribution < 1.29 is 9.47 Å².